The van der Waals surface area contributed by atoms with Crippen LogP contribution in [0.3, 0.4) is 0 Å². The van der Waals surface area contributed by atoms with E-state index in [0.717, 1.165) is 69.5 Å². The molecule has 0 aromatic rings. The minimum absolute atomic E-state index is 0.315. The maximum atomic E-state index is 5.77. The van der Waals surface area contributed by atoms with Crippen molar-refractivity contribution in [2.24, 2.45) is 22.7 Å². The smallest absolute Gasteiger partial charge is 0.190 e. The van der Waals surface area contributed by atoms with E-state index in [1.165, 1.54) is 25.7 Å². The third-order valence-electron chi connectivity index (χ3n) is 5.04. The monoisotopic (exact) mass is 309 g/mol. The molecule has 1 unspecified atom stereocenters. The third kappa shape index (κ3) is 5.13. The first-order valence-corrected chi connectivity index (χ1v) is 9.00. The second-order valence-corrected chi connectivity index (χ2v) is 6.93. The fraction of sp³-hybridized carbons (Fsp3) is 0.941. The molecule has 1 aliphatic heterocycles. The van der Waals surface area contributed by atoms with Gasteiger partial charge in [-0.3, -0.25) is 4.99 Å². The lowest BCUT2D eigenvalue weighted by atomic mass is 9.98. The molecule has 3 aliphatic rings. The molecular formula is C17H31N3O2. The molecule has 0 bridgehead atoms. The van der Waals surface area contributed by atoms with Gasteiger partial charge < -0.3 is 20.1 Å². The molecule has 0 radical (unpaired) electrons. The molecule has 126 valence electrons. The maximum absolute atomic E-state index is 5.77. The average molecular weight is 309 g/mol. The zero-order valence-electron chi connectivity index (χ0n) is 13.9. The summed E-state index contributed by atoms with van der Waals surface area (Å²) < 4.78 is 11.1. The van der Waals surface area contributed by atoms with Crippen molar-refractivity contribution in [2.45, 2.75) is 44.6 Å². The number of hydrogen-bond acceptors (Lipinski definition) is 3. The second kappa shape index (κ2) is 8.16. The lowest BCUT2D eigenvalue weighted by Gasteiger charge is -2.19. The zero-order chi connectivity index (χ0) is 15.2. The van der Waals surface area contributed by atoms with Gasteiger partial charge in [0.25, 0.3) is 0 Å². The normalized spacial score (nSPS) is 25.7. The SMILES string of the molecule is CN=C(NCCCOC1CCOC1)NCC(C1CC1)C1CC1. The quantitative estimate of drug-likeness (QED) is 0.387. The topological polar surface area (TPSA) is 54.9 Å². The van der Waals surface area contributed by atoms with Crippen molar-refractivity contribution >= 4 is 5.96 Å². The molecule has 1 atom stereocenters. The van der Waals surface area contributed by atoms with Crippen LogP contribution in [0.2, 0.25) is 0 Å². The van der Waals surface area contributed by atoms with Crippen molar-refractivity contribution < 1.29 is 9.47 Å². The predicted octanol–water partition coefficient (Wildman–Crippen LogP) is 1.78. The molecule has 1 saturated heterocycles. The molecule has 0 aromatic heterocycles. The minimum atomic E-state index is 0.315. The van der Waals surface area contributed by atoms with Crippen molar-refractivity contribution in [3.05, 3.63) is 0 Å². The van der Waals surface area contributed by atoms with Gasteiger partial charge in [-0.05, 0) is 56.3 Å². The lowest BCUT2D eigenvalue weighted by molar-refractivity contribution is 0.0420. The highest BCUT2D eigenvalue weighted by Crippen LogP contribution is 2.48. The van der Waals surface area contributed by atoms with E-state index in [-0.39, 0.29) is 0 Å². The van der Waals surface area contributed by atoms with E-state index in [9.17, 15) is 0 Å². The van der Waals surface area contributed by atoms with Gasteiger partial charge in [0.05, 0.1) is 12.7 Å². The number of ether oxygens (including phenoxy) is 2. The van der Waals surface area contributed by atoms with Gasteiger partial charge in [-0.15, -0.1) is 0 Å². The van der Waals surface area contributed by atoms with Crippen LogP contribution in [0.4, 0.5) is 0 Å². The van der Waals surface area contributed by atoms with Crippen molar-refractivity contribution in [3.63, 3.8) is 0 Å². The Morgan fingerprint density at radius 2 is 1.95 bits per heavy atom. The Kier molecular flexibility index (Phi) is 5.96. The molecule has 1 heterocycles. The molecule has 3 rings (SSSR count). The molecule has 2 saturated carbocycles. The van der Waals surface area contributed by atoms with Gasteiger partial charge in [0, 0.05) is 33.4 Å². The molecule has 2 N–H and O–H groups in total. The van der Waals surface area contributed by atoms with E-state index < -0.39 is 0 Å². The molecule has 2 aliphatic carbocycles. The lowest BCUT2D eigenvalue weighted by Crippen LogP contribution is -2.41. The standard InChI is InChI=1S/C17H31N3O2/c1-18-17(19-8-2-9-22-15-7-10-21-12-15)20-11-16(13-3-4-13)14-5-6-14/h13-16H,2-12H2,1H3,(H2,18,19,20). The van der Waals surface area contributed by atoms with E-state index in [0.29, 0.717) is 6.10 Å². The number of nitrogens with one attached hydrogen (secondary N) is 2. The Bertz CT molecular complexity index is 349. The van der Waals surface area contributed by atoms with Crippen LogP contribution in [0.25, 0.3) is 0 Å². The number of rotatable bonds is 9. The van der Waals surface area contributed by atoms with Crippen LogP contribution in [0.15, 0.2) is 4.99 Å². The summed E-state index contributed by atoms with van der Waals surface area (Å²) in [5.74, 6) is 3.79. The van der Waals surface area contributed by atoms with E-state index in [1.807, 2.05) is 7.05 Å². The van der Waals surface area contributed by atoms with Crippen LogP contribution in [0.5, 0.6) is 0 Å². The van der Waals surface area contributed by atoms with Gasteiger partial charge in [0.15, 0.2) is 5.96 Å². The van der Waals surface area contributed by atoms with E-state index >= 15 is 0 Å². The minimum Gasteiger partial charge on any atom is -0.379 e. The summed E-state index contributed by atoms with van der Waals surface area (Å²) in [7, 11) is 1.85. The predicted molar refractivity (Wildman–Crippen MR) is 88.1 cm³/mol. The molecule has 5 heteroatoms. The van der Waals surface area contributed by atoms with E-state index in [4.69, 9.17) is 9.47 Å². The summed E-state index contributed by atoms with van der Waals surface area (Å²) in [4.78, 5) is 4.33. The van der Waals surface area contributed by atoms with Gasteiger partial charge >= 0.3 is 0 Å². The summed E-state index contributed by atoms with van der Waals surface area (Å²) in [6, 6.07) is 0. The van der Waals surface area contributed by atoms with Gasteiger partial charge in [-0.2, -0.15) is 0 Å². The number of guanidine groups is 1. The molecular weight excluding hydrogens is 278 g/mol. The van der Waals surface area contributed by atoms with Gasteiger partial charge in [-0.1, -0.05) is 0 Å². The summed E-state index contributed by atoms with van der Waals surface area (Å²) in [5, 5.41) is 6.92. The number of aliphatic imine (C=N–C) groups is 1. The maximum Gasteiger partial charge on any atom is 0.190 e. The first kappa shape index (κ1) is 16.1. The highest BCUT2D eigenvalue weighted by molar-refractivity contribution is 5.79. The van der Waals surface area contributed by atoms with Gasteiger partial charge in [0.2, 0.25) is 0 Å². The fourth-order valence-electron chi connectivity index (χ4n) is 3.38. The number of nitrogens with zero attached hydrogens (tertiary/aromatic N) is 1. The van der Waals surface area contributed by atoms with E-state index in [2.05, 4.69) is 15.6 Å². The highest BCUT2D eigenvalue weighted by Gasteiger charge is 2.41. The molecule has 0 amide bonds. The second-order valence-electron chi connectivity index (χ2n) is 6.93. The van der Waals surface area contributed by atoms with Crippen molar-refractivity contribution in [1.29, 1.82) is 0 Å². The van der Waals surface area contributed by atoms with Gasteiger partial charge in [-0.25, -0.2) is 0 Å². The van der Waals surface area contributed by atoms with Crippen LogP contribution in [-0.4, -0.2) is 52.0 Å². The van der Waals surface area contributed by atoms with Gasteiger partial charge in [0.1, 0.15) is 0 Å². The first-order valence-electron chi connectivity index (χ1n) is 9.00. The largest absolute Gasteiger partial charge is 0.379 e. The zero-order valence-corrected chi connectivity index (χ0v) is 13.9. The fourth-order valence-corrected chi connectivity index (χ4v) is 3.38. The molecule has 22 heavy (non-hydrogen) atoms. The Labute approximate surface area is 134 Å². The Morgan fingerprint density at radius 3 is 2.55 bits per heavy atom. The molecule has 3 fully saturated rings. The Hall–Kier alpha value is -0.810. The van der Waals surface area contributed by atoms with Crippen LogP contribution < -0.4 is 10.6 Å². The molecule has 5 nitrogen and oxygen atoms in total. The summed E-state index contributed by atoms with van der Waals surface area (Å²) in [5.41, 5.74) is 0. The van der Waals surface area contributed by atoms with E-state index in [1.54, 1.807) is 0 Å². The third-order valence-corrected chi connectivity index (χ3v) is 5.04. The van der Waals surface area contributed by atoms with Crippen LogP contribution in [0, 0.1) is 17.8 Å². The Balaban J connectivity index is 1.25. The Morgan fingerprint density at radius 1 is 1.18 bits per heavy atom. The van der Waals surface area contributed by atoms with Crippen LogP contribution >= 0.6 is 0 Å². The number of hydrogen-bond donors (Lipinski definition) is 2. The first-order chi connectivity index (χ1) is 10.9. The van der Waals surface area contributed by atoms with Crippen LogP contribution in [-0.2, 0) is 9.47 Å². The molecule has 0 spiro atoms. The average Bonchev–Trinajstić information content (AvgIpc) is 3.46. The summed E-state index contributed by atoms with van der Waals surface area (Å²) >= 11 is 0. The summed E-state index contributed by atoms with van der Waals surface area (Å²) in [6.07, 6.45) is 8.13. The van der Waals surface area contributed by atoms with Crippen molar-refractivity contribution in [2.75, 3.05) is 40.0 Å². The molecule has 0 aromatic carbocycles. The van der Waals surface area contributed by atoms with Crippen molar-refractivity contribution in [3.8, 4) is 0 Å². The highest BCUT2D eigenvalue weighted by atomic mass is 16.5. The van der Waals surface area contributed by atoms with Crippen molar-refractivity contribution in [1.82, 2.24) is 10.6 Å². The summed E-state index contributed by atoms with van der Waals surface area (Å²) in [6.45, 7) is 4.41. The van der Waals surface area contributed by atoms with Crippen LogP contribution in [0.1, 0.15) is 38.5 Å².